The van der Waals surface area contributed by atoms with E-state index in [1.165, 1.54) is 11.3 Å². The first-order valence-corrected chi connectivity index (χ1v) is 7.22. The first-order valence-electron chi connectivity index (χ1n) is 6.45. The van der Waals surface area contributed by atoms with Gasteiger partial charge in [0.15, 0.2) is 0 Å². The smallest absolute Gasteiger partial charge is 0.269 e. The summed E-state index contributed by atoms with van der Waals surface area (Å²) >= 11 is 1.63. The van der Waals surface area contributed by atoms with Crippen LogP contribution in [0.3, 0.4) is 0 Å². The average Bonchev–Trinajstić information content (AvgIpc) is 2.76. The molecule has 20 heavy (non-hydrogen) atoms. The van der Waals surface area contributed by atoms with Crippen LogP contribution in [0.5, 0.6) is 0 Å². The monoisotopic (exact) mass is 286 g/mol. The predicted molar refractivity (Wildman–Crippen MR) is 81.0 cm³/mol. The third-order valence-electron chi connectivity index (χ3n) is 3.40. The number of fused-ring (bicyclic) bond motifs is 1. The normalized spacial score (nSPS) is 17.1. The standard InChI is InChI=1S/C15H14N2O2S/c1-11-10-12-4-2-3-5-15(12)16(11)20-14-8-6-13(7-9-14)17(18)19/h2-9,11H,10H2,1H3/t11-/m1/s1. The number of benzene rings is 2. The van der Waals surface area contributed by atoms with Gasteiger partial charge in [0.25, 0.3) is 5.69 Å². The lowest BCUT2D eigenvalue weighted by Gasteiger charge is -2.23. The maximum Gasteiger partial charge on any atom is 0.269 e. The van der Waals surface area contributed by atoms with Crippen LogP contribution in [0.2, 0.25) is 0 Å². The summed E-state index contributed by atoms with van der Waals surface area (Å²) in [6, 6.07) is 15.5. The highest BCUT2D eigenvalue weighted by Gasteiger charge is 2.26. The van der Waals surface area contributed by atoms with E-state index in [-0.39, 0.29) is 10.6 Å². The summed E-state index contributed by atoms with van der Waals surface area (Å²) in [7, 11) is 0. The SMILES string of the molecule is C[C@@H]1Cc2ccccc2N1Sc1ccc([N+](=O)[O-])cc1. The van der Waals surface area contributed by atoms with E-state index >= 15 is 0 Å². The molecule has 0 spiro atoms. The van der Waals surface area contributed by atoms with Gasteiger partial charge in [-0.2, -0.15) is 0 Å². The fourth-order valence-electron chi connectivity index (χ4n) is 2.42. The number of nitro benzene ring substituents is 1. The summed E-state index contributed by atoms with van der Waals surface area (Å²) in [5.74, 6) is 0. The zero-order chi connectivity index (χ0) is 14.1. The van der Waals surface area contributed by atoms with Gasteiger partial charge in [-0.1, -0.05) is 18.2 Å². The highest BCUT2D eigenvalue weighted by molar-refractivity contribution is 8.00. The molecule has 1 heterocycles. The van der Waals surface area contributed by atoms with Gasteiger partial charge in [0.05, 0.1) is 10.6 Å². The largest absolute Gasteiger partial charge is 0.309 e. The van der Waals surface area contributed by atoms with Gasteiger partial charge in [-0.15, -0.1) is 0 Å². The molecule has 0 fully saturated rings. The van der Waals surface area contributed by atoms with Crippen molar-refractivity contribution in [1.82, 2.24) is 0 Å². The van der Waals surface area contributed by atoms with Crippen molar-refractivity contribution in [2.45, 2.75) is 24.3 Å². The van der Waals surface area contributed by atoms with Gasteiger partial charge < -0.3 is 4.31 Å². The number of nitrogens with zero attached hydrogens (tertiary/aromatic N) is 2. The van der Waals surface area contributed by atoms with E-state index in [4.69, 9.17) is 0 Å². The van der Waals surface area contributed by atoms with Crippen molar-refractivity contribution < 1.29 is 4.92 Å². The van der Waals surface area contributed by atoms with Gasteiger partial charge in [0.1, 0.15) is 0 Å². The summed E-state index contributed by atoms with van der Waals surface area (Å²) in [5.41, 5.74) is 2.72. The molecule has 0 radical (unpaired) electrons. The number of non-ortho nitro benzene ring substituents is 1. The zero-order valence-electron chi connectivity index (χ0n) is 11.0. The molecule has 2 aromatic carbocycles. The molecule has 3 rings (SSSR count). The van der Waals surface area contributed by atoms with Crippen molar-refractivity contribution in [3.05, 3.63) is 64.2 Å². The number of hydrogen-bond donors (Lipinski definition) is 0. The molecule has 1 aliphatic heterocycles. The van der Waals surface area contributed by atoms with Crippen molar-refractivity contribution in [2.75, 3.05) is 4.31 Å². The van der Waals surface area contributed by atoms with E-state index in [2.05, 4.69) is 29.4 Å². The molecule has 0 N–H and O–H groups in total. The summed E-state index contributed by atoms with van der Waals surface area (Å²) in [6.45, 7) is 2.19. The third-order valence-corrected chi connectivity index (χ3v) is 4.63. The van der Waals surface area contributed by atoms with Crippen LogP contribution in [0.1, 0.15) is 12.5 Å². The van der Waals surface area contributed by atoms with Crippen LogP contribution in [-0.2, 0) is 6.42 Å². The molecule has 0 unspecified atom stereocenters. The van der Waals surface area contributed by atoms with Crippen LogP contribution in [0.25, 0.3) is 0 Å². The van der Waals surface area contributed by atoms with E-state index in [1.54, 1.807) is 36.2 Å². The van der Waals surface area contributed by atoms with Crippen LogP contribution in [-0.4, -0.2) is 11.0 Å². The first kappa shape index (κ1) is 13.0. The Hall–Kier alpha value is -2.01. The lowest BCUT2D eigenvalue weighted by Crippen LogP contribution is -2.21. The second kappa shape index (κ2) is 5.17. The molecule has 0 saturated carbocycles. The van der Waals surface area contributed by atoms with E-state index < -0.39 is 0 Å². The Bertz CT molecular complexity index is 643. The first-order chi connectivity index (χ1) is 9.65. The minimum Gasteiger partial charge on any atom is -0.309 e. The predicted octanol–water partition coefficient (Wildman–Crippen LogP) is 4.05. The second-order valence-electron chi connectivity index (χ2n) is 4.85. The van der Waals surface area contributed by atoms with Crippen LogP contribution in [0.4, 0.5) is 11.4 Å². The summed E-state index contributed by atoms with van der Waals surface area (Å²) in [6.07, 6.45) is 1.04. The lowest BCUT2D eigenvalue weighted by atomic mass is 10.1. The molecule has 0 saturated heterocycles. The van der Waals surface area contributed by atoms with E-state index in [1.807, 2.05) is 6.07 Å². The van der Waals surface area contributed by atoms with Crippen LogP contribution >= 0.6 is 11.9 Å². The minimum atomic E-state index is -0.373. The van der Waals surface area contributed by atoms with Gasteiger partial charge in [-0.05, 0) is 49.1 Å². The zero-order valence-corrected chi connectivity index (χ0v) is 11.8. The molecule has 0 aromatic heterocycles. The molecule has 1 atom stereocenters. The highest BCUT2D eigenvalue weighted by atomic mass is 32.2. The van der Waals surface area contributed by atoms with Crippen LogP contribution < -0.4 is 4.31 Å². The van der Waals surface area contributed by atoms with Crippen molar-refractivity contribution in [2.24, 2.45) is 0 Å². The molecule has 0 amide bonds. The minimum absolute atomic E-state index is 0.129. The fraction of sp³-hybridized carbons (Fsp3) is 0.200. The van der Waals surface area contributed by atoms with E-state index in [0.717, 1.165) is 11.3 Å². The van der Waals surface area contributed by atoms with Gasteiger partial charge in [-0.25, -0.2) is 0 Å². The highest BCUT2D eigenvalue weighted by Crippen LogP contribution is 2.39. The van der Waals surface area contributed by atoms with Gasteiger partial charge >= 0.3 is 0 Å². The van der Waals surface area contributed by atoms with E-state index in [0.29, 0.717) is 6.04 Å². The van der Waals surface area contributed by atoms with Crippen molar-refractivity contribution in [3.63, 3.8) is 0 Å². The molecule has 102 valence electrons. The number of hydrogen-bond acceptors (Lipinski definition) is 4. The van der Waals surface area contributed by atoms with Crippen molar-refractivity contribution in [3.8, 4) is 0 Å². The van der Waals surface area contributed by atoms with Crippen LogP contribution in [0.15, 0.2) is 53.4 Å². The number of para-hydroxylation sites is 1. The molecule has 5 heteroatoms. The Balaban J connectivity index is 1.82. The molecular weight excluding hydrogens is 272 g/mol. The van der Waals surface area contributed by atoms with Gasteiger partial charge in [-0.3, -0.25) is 10.1 Å². The van der Waals surface area contributed by atoms with Crippen molar-refractivity contribution in [1.29, 1.82) is 0 Å². The number of rotatable bonds is 3. The fourth-order valence-corrected chi connectivity index (χ4v) is 3.43. The Morgan fingerprint density at radius 1 is 1.20 bits per heavy atom. The Kier molecular flexibility index (Phi) is 3.36. The third kappa shape index (κ3) is 2.36. The Morgan fingerprint density at radius 3 is 2.60 bits per heavy atom. The molecule has 0 bridgehead atoms. The summed E-state index contributed by atoms with van der Waals surface area (Å²) in [5, 5.41) is 10.7. The summed E-state index contributed by atoms with van der Waals surface area (Å²) in [4.78, 5) is 11.3. The molecule has 1 aliphatic rings. The Labute approximate surface area is 121 Å². The van der Waals surface area contributed by atoms with E-state index in [9.17, 15) is 10.1 Å². The molecule has 4 nitrogen and oxygen atoms in total. The van der Waals surface area contributed by atoms with Crippen LogP contribution in [0, 0.1) is 10.1 Å². The molecular formula is C15H14N2O2S. The van der Waals surface area contributed by atoms with Gasteiger partial charge in [0.2, 0.25) is 0 Å². The second-order valence-corrected chi connectivity index (χ2v) is 5.90. The number of nitro groups is 1. The molecule has 0 aliphatic carbocycles. The topological polar surface area (TPSA) is 46.4 Å². The van der Waals surface area contributed by atoms with Gasteiger partial charge in [0, 0.05) is 23.1 Å². The maximum absolute atomic E-state index is 10.7. The van der Waals surface area contributed by atoms with Crippen molar-refractivity contribution >= 4 is 23.3 Å². The molecule has 2 aromatic rings. The maximum atomic E-state index is 10.7. The summed E-state index contributed by atoms with van der Waals surface area (Å²) < 4.78 is 2.27. The number of anilines is 1. The quantitative estimate of drug-likeness (QED) is 0.485. The lowest BCUT2D eigenvalue weighted by molar-refractivity contribution is -0.384. The Morgan fingerprint density at radius 2 is 1.90 bits per heavy atom. The average molecular weight is 286 g/mol.